The van der Waals surface area contributed by atoms with Crippen LogP contribution in [0.3, 0.4) is 0 Å². The third-order valence-corrected chi connectivity index (χ3v) is 6.04. The molecule has 33 heavy (non-hydrogen) atoms. The SMILES string of the molecule is CNC(=O)N1CCC(CNc2cc(C(F)(F)F)nc3ccc(Cl)cc23)(c2ccc(F)cn2)C1. The van der Waals surface area contributed by atoms with Gasteiger partial charge in [0.15, 0.2) is 0 Å². The first kappa shape index (κ1) is 23.0. The number of amides is 2. The number of urea groups is 1. The lowest BCUT2D eigenvalue weighted by Crippen LogP contribution is -2.42. The van der Waals surface area contributed by atoms with Gasteiger partial charge in [0.1, 0.15) is 11.5 Å². The number of nitrogens with zero attached hydrogens (tertiary/aromatic N) is 3. The Hall–Kier alpha value is -3.14. The fourth-order valence-electron chi connectivity index (χ4n) is 4.09. The maximum atomic E-state index is 13.5. The minimum Gasteiger partial charge on any atom is -0.383 e. The van der Waals surface area contributed by atoms with Crippen molar-refractivity contribution in [1.82, 2.24) is 20.2 Å². The Morgan fingerprint density at radius 1 is 1.24 bits per heavy atom. The van der Waals surface area contributed by atoms with E-state index < -0.39 is 23.1 Å². The molecule has 4 rings (SSSR count). The van der Waals surface area contributed by atoms with Crippen LogP contribution >= 0.6 is 11.6 Å². The van der Waals surface area contributed by atoms with Gasteiger partial charge in [-0.05, 0) is 42.8 Å². The van der Waals surface area contributed by atoms with Crippen LogP contribution in [-0.4, -0.2) is 47.6 Å². The quantitative estimate of drug-likeness (QED) is 0.523. The van der Waals surface area contributed by atoms with Gasteiger partial charge < -0.3 is 15.5 Å². The van der Waals surface area contributed by atoms with Gasteiger partial charge in [-0.15, -0.1) is 0 Å². The minimum atomic E-state index is -4.64. The summed E-state index contributed by atoms with van der Waals surface area (Å²) in [4.78, 5) is 21.7. The number of anilines is 1. The van der Waals surface area contributed by atoms with E-state index in [9.17, 15) is 22.4 Å². The molecular weight excluding hydrogens is 462 g/mol. The molecule has 3 aromatic rings. The summed E-state index contributed by atoms with van der Waals surface area (Å²) < 4.78 is 53.9. The highest BCUT2D eigenvalue weighted by Gasteiger charge is 2.42. The highest BCUT2D eigenvalue weighted by atomic mass is 35.5. The van der Waals surface area contributed by atoms with Gasteiger partial charge >= 0.3 is 12.2 Å². The van der Waals surface area contributed by atoms with E-state index >= 15 is 0 Å². The number of pyridine rings is 2. The molecule has 1 unspecified atom stereocenters. The first-order valence-electron chi connectivity index (χ1n) is 10.1. The third-order valence-electron chi connectivity index (χ3n) is 5.80. The number of carbonyl (C=O) groups is 1. The van der Waals surface area contributed by atoms with Crippen molar-refractivity contribution < 1.29 is 22.4 Å². The highest BCUT2D eigenvalue weighted by Crippen LogP contribution is 2.37. The van der Waals surface area contributed by atoms with Crippen molar-refractivity contribution in [2.45, 2.75) is 18.0 Å². The van der Waals surface area contributed by atoms with Crippen LogP contribution in [0.2, 0.25) is 5.02 Å². The van der Waals surface area contributed by atoms with Crippen molar-refractivity contribution in [3.63, 3.8) is 0 Å². The van der Waals surface area contributed by atoms with Crippen LogP contribution in [0.1, 0.15) is 17.8 Å². The summed E-state index contributed by atoms with van der Waals surface area (Å²) in [7, 11) is 1.52. The zero-order chi connectivity index (χ0) is 23.8. The van der Waals surface area contributed by atoms with Crippen LogP contribution < -0.4 is 10.6 Å². The molecule has 2 N–H and O–H groups in total. The lowest BCUT2D eigenvalue weighted by molar-refractivity contribution is -0.140. The second-order valence-corrected chi connectivity index (χ2v) is 8.37. The van der Waals surface area contributed by atoms with Crippen LogP contribution in [0.25, 0.3) is 10.9 Å². The van der Waals surface area contributed by atoms with Crippen LogP contribution in [0.4, 0.5) is 28.0 Å². The van der Waals surface area contributed by atoms with Crippen molar-refractivity contribution in [3.05, 3.63) is 64.8 Å². The van der Waals surface area contributed by atoms with Crippen molar-refractivity contribution in [2.75, 3.05) is 32.0 Å². The number of likely N-dealkylation sites (tertiary alicyclic amines) is 1. The normalized spacial score (nSPS) is 18.5. The Morgan fingerprint density at radius 2 is 2.03 bits per heavy atom. The number of halogens is 5. The minimum absolute atomic E-state index is 0.143. The molecule has 2 aromatic heterocycles. The van der Waals surface area contributed by atoms with E-state index in [0.29, 0.717) is 29.1 Å². The summed E-state index contributed by atoms with van der Waals surface area (Å²) in [5.41, 5.74) is -0.895. The van der Waals surface area contributed by atoms with Gasteiger partial charge in [-0.2, -0.15) is 13.2 Å². The van der Waals surface area contributed by atoms with Crippen molar-refractivity contribution in [1.29, 1.82) is 0 Å². The van der Waals surface area contributed by atoms with E-state index in [-0.39, 0.29) is 30.3 Å². The van der Waals surface area contributed by atoms with Crippen LogP contribution in [0, 0.1) is 5.82 Å². The standard InChI is InChI=1S/C22H20ClF4N5O/c1-28-20(33)32-7-6-21(12-32,18-5-3-14(24)10-29-18)11-30-17-9-19(22(25,26)27)31-16-4-2-13(23)8-15(16)17/h2-5,8-10H,6-7,11-12H2,1H3,(H,28,33)(H,30,31). The molecule has 0 aliphatic carbocycles. The summed E-state index contributed by atoms with van der Waals surface area (Å²) in [5.74, 6) is -0.507. The molecule has 1 saturated heterocycles. The third kappa shape index (κ3) is 4.66. The zero-order valence-corrected chi connectivity index (χ0v) is 18.3. The largest absolute Gasteiger partial charge is 0.433 e. The zero-order valence-electron chi connectivity index (χ0n) is 17.5. The smallest absolute Gasteiger partial charge is 0.383 e. The van der Waals surface area contributed by atoms with Crippen LogP contribution in [0.5, 0.6) is 0 Å². The average Bonchev–Trinajstić information content (AvgIpc) is 3.22. The second kappa shape index (κ2) is 8.66. The van der Waals surface area contributed by atoms with E-state index in [1.807, 2.05) is 0 Å². The first-order valence-corrected chi connectivity index (χ1v) is 10.5. The molecule has 11 heteroatoms. The molecule has 0 saturated carbocycles. The number of carbonyl (C=O) groups excluding carboxylic acids is 1. The highest BCUT2D eigenvalue weighted by molar-refractivity contribution is 6.31. The molecule has 0 spiro atoms. The number of aromatic nitrogens is 2. The number of fused-ring (bicyclic) bond motifs is 1. The van der Waals surface area contributed by atoms with Gasteiger partial charge in [-0.25, -0.2) is 14.2 Å². The summed E-state index contributed by atoms with van der Waals surface area (Å²) in [5, 5.41) is 6.47. The number of hydrogen-bond donors (Lipinski definition) is 2. The fourth-order valence-corrected chi connectivity index (χ4v) is 4.26. The predicted octanol–water partition coefficient (Wildman–Crippen LogP) is 4.84. The van der Waals surface area contributed by atoms with Crippen molar-refractivity contribution in [2.24, 2.45) is 0 Å². The lowest BCUT2D eigenvalue weighted by atomic mass is 9.82. The molecule has 3 heterocycles. The molecule has 2 amide bonds. The molecule has 1 aromatic carbocycles. The number of rotatable bonds is 4. The number of nitrogens with one attached hydrogen (secondary N) is 2. The van der Waals surface area contributed by atoms with Crippen LogP contribution in [-0.2, 0) is 11.6 Å². The van der Waals surface area contributed by atoms with E-state index in [1.165, 1.54) is 31.3 Å². The summed E-state index contributed by atoms with van der Waals surface area (Å²) in [6.07, 6.45) is -3.06. The van der Waals surface area contributed by atoms with Crippen LogP contribution in [0.15, 0.2) is 42.6 Å². The Kier molecular flexibility index (Phi) is 6.04. The van der Waals surface area contributed by atoms with Gasteiger partial charge in [0.25, 0.3) is 0 Å². The Bertz CT molecular complexity index is 1190. The molecule has 1 aliphatic heterocycles. The number of alkyl halides is 3. The number of hydrogen-bond acceptors (Lipinski definition) is 4. The van der Waals surface area contributed by atoms with E-state index in [1.54, 1.807) is 11.0 Å². The summed E-state index contributed by atoms with van der Waals surface area (Å²) in [6, 6.07) is 7.92. The topological polar surface area (TPSA) is 70.2 Å². The van der Waals surface area contributed by atoms with Gasteiger partial charge in [0.05, 0.1) is 17.4 Å². The first-order chi connectivity index (χ1) is 15.6. The Balaban J connectivity index is 1.73. The van der Waals surface area contributed by atoms with E-state index in [2.05, 4.69) is 20.6 Å². The lowest BCUT2D eigenvalue weighted by Gasteiger charge is -2.30. The van der Waals surface area contributed by atoms with E-state index in [4.69, 9.17) is 11.6 Å². The van der Waals surface area contributed by atoms with Crippen molar-refractivity contribution in [3.8, 4) is 0 Å². The second-order valence-electron chi connectivity index (χ2n) is 7.94. The summed E-state index contributed by atoms with van der Waals surface area (Å²) in [6.45, 7) is 0.827. The Morgan fingerprint density at radius 3 is 2.70 bits per heavy atom. The molecule has 1 fully saturated rings. The van der Waals surface area contributed by atoms with Gasteiger partial charge in [-0.3, -0.25) is 4.98 Å². The maximum Gasteiger partial charge on any atom is 0.433 e. The molecule has 0 radical (unpaired) electrons. The van der Waals surface area contributed by atoms with E-state index in [0.717, 1.165) is 12.3 Å². The maximum absolute atomic E-state index is 13.5. The molecule has 174 valence electrons. The average molecular weight is 482 g/mol. The molecule has 1 aliphatic rings. The van der Waals surface area contributed by atoms with Gasteiger partial charge in [-0.1, -0.05) is 11.6 Å². The summed E-state index contributed by atoms with van der Waals surface area (Å²) >= 11 is 6.08. The monoisotopic (exact) mass is 481 g/mol. The molecule has 6 nitrogen and oxygen atoms in total. The molecular formula is C22H20ClF4N5O. The fraction of sp³-hybridized carbons (Fsp3) is 0.318. The predicted molar refractivity (Wildman–Crippen MR) is 117 cm³/mol. The van der Waals surface area contributed by atoms with Gasteiger partial charge in [0.2, 0.25) is 0 Å². The van der Waals surface area contributed by atoms with Crippen molar-refractivity contribution >= 4 is 34.2 Å². The molecule has 0 bridgehead atoms. The molecule has 1 atom stereocenters. The van der Waals surface area contributed by atoms with Gasteiger partial charge in [0, 0.05) is 48.2 Å². The number of benzene rings is 1. The Labute approximate surface area is 192 Å².